The van der Waals surface area contributed by atoms with Crippen molar-refractivity contribution in [3.63, 3.8) is 0 Å². The second kappa shape index (κ2) is 8.86. The predicted molar refractivity (Wildman–Crippen MR) is 104 cm³/mol. The molecule has 0 radical (unpaired) electrons. The minimum atomic E-state index is -0.489. The first-order chi connectivity index (χ1) is 13.6. The summed E-state index contributed by atoms with van der Waals surface area (Å²) in [6.07, 6.45) is 3.03. The highest BCUT2D eigenvalue weighted by Crippen LogP contribution is 2.31. The van der Waals surface area contributed by atoms with Crippen LogP contribution in [-0.4, -0.2) is 23.5 Å². The Bertz CT molecular complexity index is 919. The van der Waals surface area contributed by atoms with Crippen LogP contribution in [0.25, 0.3) is 0 Å². The van der Waals surface area contributed by atoms with Crippen LogP contribution in [0.2, 0.25) is 0 Å². The van der Waals surface area contributed by atoms with Crippen molar-refractivity contribution in [3.8, 4) is 11.8 Å². The van der Waals surface area contributed by atoms with E-state index in [1.165, 1.54) is 6.07 Å². The molecule has 2 aromatic rings. The number of benzene rings is 2. The SMILES string of the molecule is N#CCCCOc1cccc(NC(=O)c2ccc(NC3CC3)c([N+](=O)[O-])c2)c1. The number of nitro groups is 1. The third-order valence-electron chi connectivity index (χ3n) is 4.19. The summed E-state index contributed by atoms with van der Waals surface area (Å²) in [5, 5.41) is 25.7. The van der Waals surface area contributed by atoms with Gasteiger partial charge in [0.1, 0.15) is 11.4 Å². The number of rotatable bonds is 9. The lowest BCUT2D eigenvalue weighted by Crippen LogP contribution is -2.13. The van der Waals surface area contributed by atoms with Crippen molar-refractivity contribution in [2.75, 3.05) is 17.2 Å². The normalized spacial score (nSPS) is 12.7. The van der Waals surface area contributed by atoms with Crippen molar-refractivity contribution >= 4 is 23.0 Å². The molecular formula is C20H20N4O4. The molecular weight excluding hydrogens is 360 g/mol. The molecule has 0 aromatic heterocycles. The van der Waals surface area contributed by atoms with Gasteiger partial charge in [-0.05, 0) is 43.5 Å². The van der Waals surface area contributed by atoms with E-state index in [9.17, 15) is 14.9 Å². The number of hydrogen-bond acceptors (Lipinski definition) is 6. The van der Waals surface area contributed by atoms with Gasteiger partial charge in [-0.2, -0.15) is 5.26 Å². The summed E-state index contributed by atoms with van der Waals surface area (Å²) in [7, 11) is 0. The molecule has 2 aromatic carbocycles. The minimum absolute atomic E-state index is 0.117. The summed E-state index contributed by atoms with van der Waals surface area (Å²) in [5.74, 6) is 0.133. The molecule has 8 nitrogen and oxygen atoms in total. The molecule has 0 atom stereocenters. The molecule has 8 heteroatoms. The zero-order valence-electron chi connectivity index (χ0n) is 15.2. The monoisotopic (exact) mass is 380 g/mol. The van der Waals surface area contributed by atoms with E-state index < -0.39 is 10.8 Å². The topological polar surface area (TPSA) is 117 Å². The van der Waals surface area contributed by atoms with Gasteiger partial charge in [0.2, 0.25) is 0 Å². The molecule has 3 rings (SSSR count). The smallest absolute Gasteiger partial charge is 0.293 e. The van der Waals surface area contributed by atoms with Gasteiger partial charge in [-0.25, -0.2) is 0 Å². The average molecular weight is 380 g/mol. The van der Waals surface area contributed by atoms with Crippen molar-refractivity contribution in [1.29, 1.82) is 5.26 Å². The molecule has 0 unspecified atom stereocenters. The van der Waals surface area contributed by atoms with Gasteiger partial charge >= 0.3 is 0 Å². The van der Waals surface area contributed by atoms with Crippen LogP contribution < -0.4 is 15.4 Å². The molecule has 1 saturated carbocycles. The predicted octanol–water partition coefficient (Wildman–Crippen LogP) is 4.10. The molecule has 0 spiro atoms. The fraction of sp³-hybridized carbons (Fsp3) is 0.300. The van der Waals surface area contributed by atoms with E-state index in [0.29, 0.717) is 36.6 Å². The maximum atomic E-state index is 12.5. The lowest BCUT2D eigenvalue weighted by Gasteiger charge is -2.10. The Morgan fingerprint density at radius 1 is 1.29 bits per heavy atom. The number of hydrogen-bond donors (Lipinski definition) is 2. The fourth-order valence-corrected chi connectivity index (χ4v) is 2.60. The molecule has 0 saturated heterocycles. The van der Waals surface area contributed by atoms with Gasteiger partial charge < -0.3 is 15.4 Å². The van der Waals surface area contributed by atoms with Crippen LogP contribution in [0.3, 0.4) is 0 Å². The third kappa shape index (κ3) is 5.20. The van der Waals surface area contributed by atoms with Gasteiger partial charge in [-0.1, -0.05) is 6.07 Å². The van der Waals surface area contributed by atoms with Crippen LogP contribution in [0.4, 0.5) is 17.1 Å². The first kappa shape index (κ1) is 19.2. The van der Waals surface area contributed by atoms with Gasteiger partial charge in [-0.3, -0.25) is 14.9 Å². The lowest BCUT2D eigenvalue weighted by atomic mass is 10.1. The van der Waals surface area contributed by atoms with Crippen molar-refractivity contribution < 1.29 is 14.5 Å². The number of nitrogens with one attached hydrogen (secondary N) is 2. The number of anilines is 2. The number of carbonyl (C=O) groups is 1. The summed E-state index contributed by atoms with van der Waals surface area (Å²) in [5.41, 5.74) is 1.03. The van der Waals surface area contributed by atoms with E-state index in [1.54, 1.807) is 36.4 Å². The van der Waals surface area contributed by atoms with E-state index in [0.717, 1.165) is 12.8 Å². The van der Waals surface area contributed by atoms with Crippen LogP contribution in [-0.2, 0) is 0 Å². The lowest BCUT2D eigenvalue weighted by molar-refractivity contribution is -0.384. The first-order valence-electron chi connectivity index (χ1n) is 9.03. The van der Waals surface area contributed by atoms with Crippen LogP contribution in [0.5, 0.6) is 5.75 Å². The summed E-state index contributed by atoms with van der Waals surface area (Å²) < 4.78 is 5.55. The largest absolute Gasteiger partial charge is 0.493 e. The standard InChI is InChI=1S/C20H20N4O4/c21-10-1-2-11-28-17-5-3-4-16(13-17)23-20(25)14-6-9-18(22-15-7-8-15)19(12-14)24(26)27/h3-6,9,12-13,15,22H,1-2,7-8,11H2,(H,23,25). The zero-order valence-corrected chi connectivity index (χ0v) is 15.2. The van der Waals surface area contributed by atoms with Crippen LogP contribution in [0, 0.1) is 21.4 Å². The highest BCUT2D eigenvalue weighted by atomic mass is 16.6. The molecule has 0 heterocycles. The number of amides is 1. The van der Waals surface area contributed by atoms with E-state index in [1.807, 2.05) is 0 Å². The van der Waals surface area contributed by atoms with Crippen molar-refractivity contribution in [2.24, 2.45) is 0 Å². The number of ether oxygens (including phenoxy) is 1. The molecule has 0 bridgehead atoms. The molecule has 144 valence electrons. The van der Waals surface area contributed by atoms with Gasteiger partial charge in [-0.15, -0.1) is 0 Å². The number of carbonyl (C=O) groups excluding carboxylic acids is 1. The Hall–Kier alpha value is -3.60. The quantitative estimate of drug-likeness (QED) is 0.384. The van der Waals surface area contributed by atoms with Crippen molar-refractivity contribution in [3.05, 3.63) is 58.1 Å². The first-order valence-corrected chi connectivity index (χ1v) is 9.03. The second-order valence-corrected chi connectivity index (χ2v) is 6.50. The van der Waals surface area contributed by atoms with E-state index >= 15 is 0 Å². The minimum Gasteiger partial charge on any atom is -0.493 e. The fourth-order valence-electron chi connectivity index (χ4n) is 2.60. The highest BCUT2D eigenvalue weighted by Gasteiger charge is 2.25. The van der Waals surface area contributed by atoms with E-state index in [-0.39, 0.29) is 17.3 Å². The summed E-state index contributed by atoms with van der Waals surface area (Å²) in [4.78, 5) is 23.4. The molecule has 0 aliphatic heterocycles. The molecule has 1 amide bonds. The third-order valence-corrected chi connectivity index (χ3v) is 4.19. The number of unbranched alkanes of at least 4 members (excludes halogenated alkanes) is 1. The summed E-state index contributed by atoms with van der Waals surface area (Å²) in [6, 6.07) is 13.6. The maximum absolute atomic E-state index is 12.5. The van der Waals surface area contributed by atoms with E-state index in [4.69, 9.17) is 10.00 Å². The summed E-state index contributed by atoms with van der Waals surface area (Å²) in [6.45, 7) is 0.409. The zero-order chi connectivity index (χ0) is 19.9. The number of nitro benzene ring substituents is 1. The maximum Gasteiger partial charge on any atom is 0.293 e. The second-order valence-electron chi connectivity index (χ2n) is 6.50. The van der Waals surface area contributed by atoms with Gasteiger partial charge in [0.25, 0.3) is 11.6 Å². The van der Waals surface area contributed by atoms with Gasteiger partial charge in [0.05, 0.1) is 17.6 Å². The molecule has 2 N–H and O–H groups in total. The number of nitrogens with zero attached hydrogens (tertiary/aromatic N) is 2. The Morgan fingerprint density at radius 3 is 2.82 bits per heavy atom. The molecule has 1 aliphatic carbocycles. The summed E-state index contributed by atoms with van der Waals surface area (Å²) >= 11 is 0. The molecule has 1 aliphatic rings. The van der Waals surface area contributed by atoms with Crippen LogP contribution in [0.15, 0.2) is 42.5 Å². The molecule has 1 fully saturated rings. The average Bonchev–Trinajstić information content (AvgIpc) is 3.50. The van der Waals surface area contributed by atoms with E-state index in [2.05, 4.69) is 16.7 Å². The van der Waals surface area contributed by atoms with Crippen LogP contribution in [0.1, 0.15) is 36.0 Å². The molecule has 28 heavy (non-hydrogen) atoms. The highest BCUT2D eigenvalue weighted by molar-refractivity contribution is 6.05. The Balaban J connectivity index is 1.68. The van der Waals surface area contributed by atoms with Crippen molar-refractivity contribution in [2.45, 2.75) is 31.7 Å². The Kier molecular flexibility index (Phi) is 6.07. The van der Waals surface area contributed by atoms with Crippen LogP contribution >= 0.6 is 0 Å². The van der Waals surface area contributed by atoms with Crippen molar-refractivity contribution in [1.82, 2.24) is 0 Å². The Labute approximate surface area is 162 Å². The number of nitriles is 1. The van der Waals surface area contributed by atoms with Gasteiger partial charge in [0, 0.05) is 35.8 Å². The van der Waals surface area contributed by atoms with Gasteiger partial charge in [0.15, 0.2) is 0 Å². The Morgan fingerprint density at radius 2 is 2.11 bits per heavy atom.